The number of hydrogen-bond donors (Lipinski definition) is 2. The van der Waals surface area contributed by atoms with Crippen molar-refractivity contribution in [2.24, 2.45) is 0 Å². The predicted molar refractivity (Wildman–Crippen MR) is 50.5 cm³/mol. The highest BCUT2D eigenvalue weighted by Crippen LogP contribution is 2.30. The first kappa shape index (κ1) is 12.5. The Balaban J connectivity index is 3.01. The largest absolute Gasteiger partial charge is 0.416 e. The Morgan fingerprint density at radius 3 is 2.62 bits per heavy atom. The summed E-state index contributed by atoms with van der Waals surface area (Å²) in [6.07, 6.45) is -4.10. The van der Waals surface area contributed by atoms with Crippen molar-refractivity contribution in [1.29, 1.82) is 0 Å². The highest BCUT2D eigenvalue weighted by Gasteiger charge is 2.30. The third-order valence-electron chi connectivity index (χ3n) is 2.07. The zero-order valence-corrected chi connectivity index (χ0v) is 8.16. The second-order valence-electron chi connectivity index (χ2n) is 3.14. The maximum absolute atomic E-state index is 12.4. The number of nitrogens with one attached hydrogen (secondary N) is 1. The molecule has 88 valence electrons. The summed E-state index contributed by atoms with van der Waals surface area (Å²) < 4.78 is 37.1. The highest BCUT2D eigenvalue weighted by molar-refractivity contribution is 5.48. The molecule has 0 spiro atoms. The molecule has 0 fully saturated rings. The molecule has 0 aromatic heterocycles. The second kappa shape index (κ2) is 4.98. The molecule has 6 heteroatoms. The van der Waals surface area contributed by atoms with Gasteiger partial charge in [0.1, 0.15) is 0 Å². The molecule has 0 radical (unpaired) electrons. The molecule has 0 saturated heterocycles. The maximum Gasteiger partial charge on any atom is 0.416 e. The van der Waals surface area contributed by atoms with Crippen LogP contribution in [0.3, 0.4) is 0 Å². The van der Waals surface area contributed by atoms with Gasteiger partial charge in [-0.25, -0.2) is 0 Å². The van der Waals surface area contributed by atoms with E-state index in [4.69, 9.17) is 5.11 Å². The number of carbonyl (C=O) groups excluding carboxylic acids is 1. The molecule has 1 amide bonds. The van der Waals surface area contributed by atoms with Crippen molar-refractivity contribution in [1.82, 2.24) is 5.32 Å². The number of rotatable bonds is 4. The van der Waals surface area contributed by atoms with E-state index in [0.29, 0.717) is 6.41 Å². The molecule has 0 bridgehead atoms. The number of hydrogen-bond acceptors (Lipinski definition) is 2. The van der Waals surface area contributed by atoms with E-state index in [-0.39, 0.29) is 5.56 Å². The van der Waals surface area contributed by atoms with E-state index >= 15 is 0 Å². The van der Waals surface area contributed by atoms with E-state index in [0.717, 1.165) is 12.1 Å². The first-order valence-corrected chi connectivity index (χ1v) is 4.46. The summed E-state index contributed by atoms with van der Waals surface area (Å²) in [5.41, 5.74) is -0.597. The second-order valence-corrected chi connectivity index (χ2v) is 3.14. The summed E-state index contributed by atoms with van der Waals surface area (Å²) in [5, 5.41) is 11.1. The number of aliphatic hydroxyl groups is 1. The summed E-state index contributed by atoms with van der Waals surface area (Å²) in [7, 11) is 0. The van der Waals surface area contributed by atoms with Crippen molar-refractivity contribution < 1.29 is 23.1 Å². The smallest absolute Gasteiger partial charge is 0.394 e. The topological polar surface area (TPSA) is 49.3 Å². The molecule has 0 saturated carbocycles. The standard InChI is InChI=1S/C10H10F3NO2/c11-10(12,13)8-3-1-2-7(4-8)9(5-15)14-6-16/h1-4,6,9,15H,5H2,(H,14,16). The fourth-order valence-electron chi connectivity index (χ4n) is 1.27. The van der Waals surface area contributed by atoms with Crippen molar-refractivity contribution in [3.63, 3.8) is 0 Å². The maximum atomic E-state index is 12.4. The van der Waals surface area contributed by atoms with Crippen molar-refractivity contribution in [2.45, 2.75) is 12.2 Å². The lowest BCUT2D eigenvalue weighted by Gasteiger charge is -2.15. The number of halogens is 3. The van der Waals surface area contributed by atoms with E-state index in [1.165, 1.54) is 12.1 Å². The molecular weight excluding hydrogens is 223 g/mol. The number of carbonyl (C=O) groups is 1. The van der Waals surface area contributed by atoms with Gasteiger partial charge in [0.15, 0.2) is 0 Å². The van der Waals surface area contributed by atoms with Gasteiger partial charge in [-0.1, -0.05) is 12.1 Å². The number of alkyl halides is 3. The van der Waals surface area contributed by atoms with Crippen LogP contribution in [0.15, 0.2) is 24.3 Å². The zero-order chi connectivity index (χ0) is 12.2. The first-order chi connectivity index (χ1) is 7.49. The van der Waals surface area contributed by atoms with Crippen LogP contribution < -0.4 is 5.32 Å². The van der Waals surface area contributed by atoms with Gasteiger partial charge < -0.3 is 10.4 Å². The fourth-order valence-corrected chi connectivity index (χ4v) is 1.27. The average Bonchev–Trinajstić information content (AvgIpc) is 2.25. The number of benzene rings is 1. The minimum absolute atomic E-state index is 0.212. The third kappa shape index (κ3) is 2.96. The van der Waals surface area contributed by atoms with E-state index in [9.17, 15) is 18.0 Å². The van der Waals surface area contributed by atoms with Crippen LogP contribution in [0.1, 0.15) is 17.2 Å². The summed E-state index contributed by atoms with van der Waals surface area (Å²) in [6.45, 7) is -0.458. The van der Waals surface area contributed by atoms with Crippen molar-refractivity contribution in [2.75, 3.05) is 6.61 Å². The molecule has 0 aliphatic rings. The molecule has 0 aliphatic carbocycles. The number of aliphatic hydroxyl groups excluding tert-OH is 1. The molecular formula is C10H10F3NO2. The highest BCUT2D eigenvalue weighted by atomic mass is 19.4. The molecule has 16 heavy (non-hydrogen) atoms. The molecule has 0 aliphatic heterocycles. The fraction of sp³-hybridized carbons (Fsp3) is 0.300. The van der Waals surface area contributed by atoms with E-state index < -0.39 is 24.4 Å². The molecule has 1 rings (SSSR count). The minimum Gasteiger partial charge on any atom is -0.394 e. The Bertz CT molecular complexity index is 365. The zero-order valence-electron chi connectivity index (χ0n) is 8.16. The third-order valence-corrected chi connectivity index (χ3v) is 2.07. The van der Waals surface area contributed by atoms with Gasteiger partial charge in [-0.05, 0) is 17.7 Å². The normalized spacial score (nSPS) is 13.2. The molecule has 1 atom stereocenters. The van der Waals surface area contributed by atoms with E-state index in [2.05, 4.69) is 5.32 Å². The average molecular weight is 233 g/mol. The van der Waals surface area contributed by atoms with Crippen LogP contribution in [-0.4, -0.2) is 18.1 Å². The van der Waals surface area contributed by atoms with Gasteiger partial charge in [0.25, 0.3) is 0 Å². The molecule has 1 aromatic rings. The summed E-state index contributed by atoms with van der Waals surface area (Å²) >= 11 is 0. The van der Waals surface area contributed by atoms with Crippen molar-refractivity contribution in [3.05, 3.63) is 35.4 Å². The van der Waals surface area contributed by atoms with Gasteiger partial charge in [0.2, 0.25) is 6.41 Å². The van der Waals surface area contributed by atoms with Gasteiger partial charge >= 0.3 is 6.18 Å². The van der Waals surface area contributed by atoms with Crippen LogP contribution >= 0.6 is 0 Å². The van der Waals surface area contributed by atoms with Crippen LogP contribution in [0, 0.1) is 0 Å². The quantitative estimate of drug-likeness (QED) is 0.774. The van der Waals surface area contributed by atoms with Gasteiger partial charge in [0, 0.05) is 0 Å². The van der Waals surface area contributed by atoms with Crippen LogP contribution in [0.2, 0.25) is 0 Å². The summed E-state index contributed by atoms with van der Waals surface area (Å²) in [5.74, 6) is 0. The predicted octanol–water partition coefficient (Wildman–Crippen LogP) is 1.48. The Morgan fingerprint density at radius 1 is 1.44 bits per heavy atom. The van der Waals surface area contributed by atoms with Crippen LogP contribution in [0.5, 0.6) is 0 Å². The van der Waals surface area contributed by atoms with Crippen LogP contribution in [0.25, 0.3) is 0 Å². The Morgan fingerprint density at radius 2 is 2.12 bits per heavy atom. The van der Waals surface area contributed by atoms with Crippen LogP contribution in [-0.2, 0) is 11.0 Å². The lowest BCUT2D eigenvalue weighted by Crippen LogP contribution is -2.23. The Hall–Kier alpha value is -1.56. The monoisotopic (exact) mass is 233 g/mol. The van der Waals surface area contributed by atoms with Gasteiger partial charge in [0.05, 0.1) is 18.2 Å². The number of amides is 1. The van der Waals surface area contributed by atoms with Gasteiger partial charge in [-0.15, -0.1) is 0 Å². The minimum atomic E-state index is -4.43. The van der Waals surface area contributed by atoms with Crippen molar-refractivity contribution in [3.8, 4) is 0 Å². The van der Waals surface area contributed by atoms with E-state index in [1.54, 1.807) is 0 Å². The molecule has 1 unspecified atom stereocenters. The lowest BCUT2D eigenvalue weighted by atomic mass is 10.0. The lowest BCUT2D eigenvalue weighted by molar-refractivity contribution is -0.137. The summed E-state index contributed by atoms with van der Waals surface area (Å²) in [4.78, 5) is 10.2. The SMILES string of the molecule is O=CNC(CO)c1cccc(C(F)(F)F)c1. The van der Waals surface area contributed by atoms with Crippen LogP contribution in [0.4, 0.5) is 13.2 Å². The Kier molecular flexibility index (Phi) is 3.89. The van der Waals surface area contributed by atoms with Crippen molar-refractivity contribution >= 4 is 6.41 Å². The van der Waals surface area contributed by atoms with E-state index in [1.807, 2.05) is 0 Å². The first-order valence-electron chi connectivity index (χ1n) is 4.46. The Labute approximate surface area is 89.9 Å². The van der Waals surface area contributed by atoms with Gasteiger partial charge in [-0.3, -0.25) is 4.79 Å². The molecule has 2 N–H and O–H groups in total. The molecule has 0 heterocycles. The molecule has 3 nitrogen and oxygen atoms in total. The van der Waals surface area contributed by atoms with Gasteiger partial charge in [-0.2, -0.15) is 13.2 Å². The summed E-state index contributed by atoms with van der Waals surface area (Å²) in [6, 6.07) is 3.65. The molecule has 1 aromatic carbocycles.